The van der Waals surface area contributed by atoms with Crippen LogP contribution in [0, 0.1) is 0 Å². The van der Waals surface area contributed by atoms with Crippen molar-refractivity contribution in [2.45, 2.75) is 0 Å². The first-order chi connectivity index (χ1) is 49.0. The van der Waals surface area contributed by atoms with E-state index < -0.39 is 0 Å². The lowest BCUT2D eigenvalue weighted by atomic mass is 9.98. The normalized spacial score (nSPS) is 11.5. The van der Waals surface area contributed by atoms with Crippen molar-refractivity contribution in [3.05, 3.63) is 356 Å². The standard InChI is InChI=1S/C46H29NOS.C24H17NO.C22H13BrS/c1-2-14-34(15-3-1)47(36-17-9-13-33(28-36)37-20-10-22-43-45(37)41-19-6-7-21-42(41)48-43)35-16-8-12-31(27-35)32-24-25-39-40-26-23-30-11-4-5-18-38(30)46(40)49-44(39)29-32;1-2-9-18(10-3-1)25-19-11-6-8-17(16-19)20-13-7-15-23-24(20)21-12-4-5-14-22(21)26-23;23-17-6-3-5-15(12-17)16-9-10-19-20-11-8-14-4-1-2-7-18(14)22(20)24-21(19)13-16/h1-29H;1-16,25H;1-13H. The van der Waals surface area contributed by atoms with E-state index in [1.807, 2.05) is 71.2 Å². The number of rotatable bonds is 9. The summed E-state index contributed by atoms with van der Waals surface area (Å²) in [5.74, 6) is 0. The minimum Gasteiger partial charge on any atom is -0.456 e. The Kier molecular flexibility index (Phi) is 15.4. The molecule has 0 fully saturated rings. The Bertz CT molecular complexity index is 6440. The SMILES string of the molecule is Brc1cccc(-c2ccc3c(c2)sc2c4ccccc4ccc32)c1.c1ccc(N(c2cccc(-c3ccc4c(c3)sc3c5ccccc5ccc43)c2)c2cccc(-c3cccc4oc5ccccc5c34)c2)cc1.c1ccc(Nc2cccc(-c3cccc4oc5ccccc5c34)c2)cc1. The lowest BCUT2D eigenvalue weighted by Gasteiger charge is -2.26. The molecule has 0 aliphatic rings. The summed E-state index contributed by atoms with van der Waals surface area (Å²) in [6, 6.07) is 125. The van der Waals surface area contributed by atoms with E-state index in [0.29, 0.717) is 0 Å². The molecule has 4 nitrogen and oxygen atoms in total. The number of hydrogen-bond donors (Lipinski definition) is 1. The summed E-state index contributed by atoms with van der Waals surface area (Å²) in [4.78, 5) is 2.35. The Labute approximate surface area is 588 Å². The van der Waals surface area contributed by atoms with Crippen molar-refractivity contribution in [1.29, 1.82) is 0 Å². The zero-order chi connectivity index (χ0) is 65.8. The second kappa shape index (κ2) is 25.6. The maximum atomic E-state index is 6.24. The van der Waals surface area contributed by atoms with Gasteiger partial charge in [-0.2, -0.15) is 0 Å². The highest BCUT2D eigenvalue weighted by atomic mass is 79.9. The van der Waals surface area contributed by atoms with Crippen LogP contribution in [0.25, 0.3) is 150 Å². The molecule has 0 radical (unpaired) electrons. The maximum Gasteiger partial charge on any atom is 0.136 e. The molecule has 1 N–H and O–H groups in total. The van der Waals surface area contributed by atoms with E-state index in [0.717, 1.165) is 82.5 Å². The number of para-hydroxylation sites is 4. The van der Waals surface area contributed by atoms with Crippen LogP contribution < -0.4 is 10.2 Å². The third kappa shape index (κ3) is 11.3. The molecule has 4 aromatic heterocycles. The molecule has 0 amide bonds. The van der Waals surface area contributed by atoms with E-state index in [1.165, 1.54) is 101 Å². The van der Waals surface area contributed by atoms with Gasteiger partial charge >= 0.3 is 0 Å². The number of nitrogens with zero attached hydrogens (tertiary/aromatic N) is 1. The van der Waals surface area contributed by atoms with Crippen LogP contribution in [0.3, 0.4) is 0 Å². The average molecular weight is 1370 g/mol. The van der Waals surface area contributed by atoms with Crippen LogP contribution in [-0.4, -0.2) is 0 Å². The van der Waals surface area contributed by atoms with E-state index in [2.05, 4.69) is 329 Å². The monoisotopic (exact) mass is 1370 g/mol. The van der Waals surface area contributed by atoms with Gasteiger partial charge in [0.15, 0.2) is 0 Å². The number of nitrogens with one attached hydrogen (secondary N) is 1. The molecule has 0 saturated heterocycles. The van der Waals surface area contributed by atoms with Crippen LogP contribution in [0.1, 0.15) is 0 Å². The van der Waals surface area contributed by atoms with E-state index in [-0.39, 0.29) is 0 Å². The predicted molar refractivity (Wildman–Crippen MR) is 429 cm³/mol. The lowest BCUT2D eigenvalue weighted by Crippen LogP contribution is -2.10. The zero-order valence-corrected chi connectivity index (χ0v) is 56.7. The van der Waals surface area contributed by atoms with Gasteiger partial charge in [-0.3, -0.25) is 0 Å². The number of thiophene rings is 2. The summed E-state index contributed by atoms with van der Waals surface area (Å²) in [6.07, 6.45) is 0. The van der Waals surface area contributed by atoms with Gasteiger partial charge < -0.3 is 19.1 Å². The van der Waals surface area contributed by atoms with Gasteiger partial charge in [0.25, 0.3) is 0 Å². The van der Waals surface area contributed by atoms with Gasteiger partial charge in [0.1, 0.15) is 22.3 Å². The highest BCUT2D eigenvalue weighted by Crippen LogP contribution is 2.46. The molecule has 0 aliphatic heterocycles. The first kappa shape index (κ1) is 59.6. The third-order valence-electron chi connectivity index (χ3n) is 18.8. The molecule has 20 rings (SSSR count). The Morgan fingerprint density at radius 2 is 0.667 bits per heavy atom. The third-order valence-corrected chi connectivity index (χ3v) is 21.7. The van der Waals surface area contributed by atoms with Crippen molar-refractivity contribution in [2.24, 2.45) is 0 Å². The Morgan fingerprint density at radius 3 is 1.23 bits per heavy atom. The molecule has 0 saturated carbocycles. The fourth-order valence-electron chi connectivity index (χ4n) is 14.2. The van der Waals surface area contributed by atoms with Crippen LogP contribution in [0.5, 0.6) is 0 Å². The number of anilines is 5. The van der Waals surface area contributed by atoms with Gasteiger partial charge in [0, 0.05) is 94.8 Å². The minimum absolute atomic E-state index is 0.903. The topological polar surface area (TPSA) is 41.6 Å². The van der Waals surface area contributed by atoms with Crippen molar-refractivity contribution in [3.8, 4) is 44.5 Å². The summed E-state index contributed by atoms with van der Waals surface area (Å²) in [6.45, 7) is 0. The molecular formula is C92H59BrN2O2S2. The van der Waals surface area contributed by atoms with E-state index in [4.69, 9.17) is 8.83 Å². The molecule has 16 aromatic carbocycles. The van der Waals surface area contributed by atoms with Crippen LogP contribution in [0.2, 0.25) is 0 Å². The van der Waals surface area contributed by atoms with E-state index >= 15 is 0 Å². The number of furan rings is 2. The maximum absolute atomic E-state index is 6.24. The molecule has 0 spiro atoms. The molecule has 0 aliphatic carbocycles. The molecule has 99 heavy (non-hydrogen) atoms. The van der Waals surface area contributed by atoms with Gasteiger partial charge in [-0.05, 0) is 175 Å². The van der Waals surface area contributed by atoms with Gasteiger partial charge in [-0.25, -0.2) is 0 Å². The summed E-state index contributed by atoms with van der Waals surface area (Å²) in [7, 11) is 0. The smallest absolute Gasteiger partial charge is 0.136 e. The summed E-state index contributed by atoms with van der Waals surface area (Å²) >= 11 is 7.35. The molecule has 20 aromatic rings. The molecule has 468 valence electrons. The fourth-order valence-corrected chi connectivity index (χ4v) is 17.1. The number of benzene rings is 16. The minimum atomic E-state index is 0.903. The molecule has 0 unspecified atom stereocenters. The van der Waals surface area contributed by atoms with Gasteiger partial charge in [-0.1, -0.05) is 259 Å². The first-order valence-corrected chi connectivity index (χ1v) is 35.6. The highest BCUT2D eigenvalue weighted by Gasteiger charge is 2.19. The molecule has 0 bridgehead atoms. The van der Waals surface area contributed by atoms with Gasteiger partial charge in [-0.15, -0.1) is 22.7 Å². The lowest BCUT2D eigenvalue weighted by molar-refractivity contribution is 0.668. The summed E-state index contributed by atoms with van der Waals surface area (Å²) in [5.41, 5.74) is 18.7. The number of fused-ring (bicyclic) bond motifs is 16. The Morgan fingerprint density at radius 1 is 0.263 bits per heavy atom. The summed E-state index contributed by atoms with van der Waals surface area (Å²) < 4.78 is 18.8. The van der Waals surface area contributed by atoms with Gasteiger partial charge in [0.2, 0.25) is 0 Å². The first-order valence-electron chi connectivity index (χ1n) is 33.2. The second-order valence-electron chi connectivity index (χ2n) is 24.9. The van der Waals surface area contributed by atoms with E-state index in [9.17, 15) is 0 Å². The summed E-state index contributed by atoms with van der Waals surface area (Å²) in [5, 5.41) is 18.7. The average Bonchev–Trinajstić information content (AvgIpc) is 1.67. The molecule has 4 heterocycles. The van der Waals surface area contributed by atoms with Gasteiger partial charge in [0.05, 0.1) is 0 Å². The number of hydrogen-bond acceptors (Lipinski definition) is 6. The fraction of sp³-hybridized carbons (Fsp3) is 0. The van der Waals surface area contributed by atoms with Crippen molar-refractivity contribution in [3.63, 3.8) is 0 Å². The molecule has 7 heteroatoms. The zero-order valence-electron chi connectivity index (χ0n) is 53.4. The van der Waals surface area contributed by atoms with Crippen molar-refractivity contribution >= 4 is 173 Å². The van der Waals surface area contributed by atoms with Crippen LogP contribution in [0.15, 0.2) is 365 Å². The quantitative estimate of drug-likeness (QED) is 0.156. The van der Waals surface area contributed by atoms with Crippen LogP contribution >= 0.6 is 38.6 Å². The predicted octanol–water partition coefficient (Wildman–Crippen LogP) is 28.5. The van der Waals surface area contributed by atoms with E-state index in [1.54, 1.807) is 0 Å². The van der Waals surface area contributed by atoms with Crippen LogP contribution in [-0.2, 0) is 0 Å². The number of halogens is 1. The van der Waals surface area contributed by atoms with Crippen molar-refractivity contribution in [2.75, 3.05) is 10.2 Å². The van der Waals surface area contributed by atoms with Crippen molar-refractivity contribution < 1.29 is 8.83 Å². The largest absolute Gasteiger partial charge is 0.456 e. The Hall–Kier alpha value is -11.8. The second-order valence-corrected chi connectivity index (χ2v) is 27.9. The van der Waals surface area contributed by atoms with Crippen molar-refractivity contribution in [1.82, 2.24) is 0 Å². The highest BCUT2D eigenvalue weighted by molar-refractivity contribution is 9.10. The Balaban J connectivity index is 0.000000119. The van der Waals surface area contributed by atoms with Crippen LogP contribution in [0.4, 0.5) is 28.4 Å². The molecule has 0 atom stereocenters. The molecular weight excluding hydrogens is 1310 g/mol.